The second-order valence-electron chi connectivity index (χ2n) is 7.46. The number of hydrogen-bond donors (Lipinski definition) is 3. The van der Waals surface area contributed by atoms with Crippen molar-refractivity contribution in [3.05, 3.63) is 109 Å². The maximum Gasteiger partial charge on any atom is 0.294 e. The Morgan fingerprint density at radius 1 is 0.743 bits per heavy atom. The summed E-state index contributed by atoms with van der Waals surface area (Å²) in [6, 6.07) is 21.9. The number of aromatic hydroxyl groups is 1. The van der Waals surface area contributed by atoms with Gasteiger partial charge in [-0.3, -0.25) is 25.4 Å². The van der Waals surface area contributed by atoms with Gasteiger partial charge < -0.3 is 5.11 Å². The van der Waals surface area contributed by atoms with Crippen molar-refractivity contribution < 1.29 is 14.7 Å². The van der Waals surface area contributed by atoms with Gasteiger partial charge in [0.2, 0.25) is 0 Å². The first kappa shape index (κ1) is 21.6. The third-order valence-corrected chi connectivity index (χ3v) is 5.13. The van der Waals surface area contributed by atoms with Gasteiger partial charge in [-0.15, -0.1) is 0 Å². The molecule has 5 rings (SSSR count). The standard InChI is InChI=1S/C25H19N7O3/c33-21-16-32(19-11-5-2-6-12-19)30-23(21)25(35)28-27-24(34)20-15-31(18-9-3-1-4-10-18)29-22(20)17-8-7-13-26-14-17/h1-16,33H,(H,27,34)(H,28,35). The number of amides is 2. The normalized spacial score (nSPS) is 10.6. The van der Waals surface area contributed by atoms with Crippen molar-refractivity contribution in [2.45, 2.75) is 0 Å². The van der Waals surface area contributed by atoms with Gasteiger partial charge in [-0.25, -0.2) is 9.36 Å². The third-order valence-electron chi connectivity index (χ3n) is 5.13. The lowest BCUT2D eigenvalue weighted by molar-refractivity contribution is 0.0842. The van der Waals surface area contributed by atoms with Crippen LogP contribution in [0.3, 0.4) is 0 Å². The highest BCUT2D eigenvalue weighted by Crippen LogP contribution is 2.23. The number of rotatable bonds is 5. The predicted molar refractivity (Wildman–Crippen MR) is 127 cm³/mol. The summed E-state index contributed by atoms with van der Waals surface area (Å²) in [7, 11) is 0. The maximum atomic E-state index is 13.0. The molecule has 0 atom stereocenters. The monoisotopic (exact) mass is 465 g/mol. The topological polar surface area (TPSA) is 127 Å². The Labute approximate surface area is 199 Å². The number of benzene rings is 2. The maximum absolute atomic E-state index is 13.0. The van der Waals surface area contributed by atoms with Crippen molar-refractivity contribution >= 4 is 11.8 Å². The summed E-state index contributed by atoms with van der Waals surface area (Å²) < 4.78 is 2.95. The Kier molecular flexibility index (Phi) is 5.75. The van der Waals surface area contributed by atoms with Crippen LogP contribution in [0.15, 0.2) is 97.6 Å². The van der Waals surface area contributed by atoms with Gasteiger partial charge in [0.25, 0.3) is 11.8 Å². The van der Waals surface area contributed by atoms with Crippen LogP contribution in [0.1, 0.15) is 20.8 Å². The number of pyridine rings is 1. The second kappa shape index (κ2) is 9.32. The Morgan fingerprint density at radius 2 is 1.37 bits per heavy atom. The average molecular weight is 465 g/mol. The highest BCUT2D eigenvalue weighted by molar-refractivity contribution is 6.02. The highest BCUT2D eigenvalue weighted by Gasteiger charge is 2.22. The van der Waals surface area contributed by atoms with Crippen molar-refractivity contribution in [1.82, 2.24) is 35.4 Å². The quantitative estimate of drug-likeness (QED) is 0.343. The second-order valence-corrected chi connectivity index (χ2v) is 7.46. The number of hydrogen-bond acceptors (Lipinski definition) is 6. The van der Waals surface area contributed by atoms with Crippen LogP contribution in [0, 0.1) is 0 Å². The molecule has 0 saturated heterocycles. The van der Waals surface area contributed by atoms with Gasteiger partial charge >= 0.3 is 0 Å². The van der Waals surface area contributed by atoms with E-state index in [1.54, 1.807) is 47.5 Å². The molecule has 10 heteroatoms. The largest absolute Gasteiger partial charge is 0.504 e. The number of aromatic nitrogens is 5. The molecule has 0 aliphatic rings. The average Bonchev–Trinajstić information content (AvgIpc) is 3.53. The van der Waals surface area contributed by atoms with Crippen molar-refractivity contribution in [2.75, 3.05) is 0 Å². The van der Waals surface area contributed by atoms with Crippen LogP contribution in [0.2, 0.25) is 0 Å². The van der Waals surface area contributed by atoms with Crippen molar-refractivity contribution in [3.8, 4) is 28.4 Å². The van der Waals surface area contributed by atoms with E-state index in [4.69, 9.17) is 0 Å². The molecule has 0 aliphatic carbocycles. The Morgan fingerprint density at radius 3 is 2.00 bits per heavy atom. The van der Waals surface area contributed by atoms with Crippen LogP contribution in [0.25, 0.3) is 22.6 Å². The minimum absolute atomic E-state index is 0.223. The molecule has 0 bridgehead atoms. The zero-order chi connectivity index (χ0) is 24.2. The molecule has 3 heterocycles. The molecule has 3 aromatic heterocycles. The summed E-state index contributed by atoms with van der Waals surface area (Å²) in [5.74, 6) is -1.70. The SMILES string of the molecule is O=C(NNC(=O)c1nn(-c2ccccc2)cc1O)c1cn(-c2ccccc2)nc1-c1cccnc1. The van der Waals surface area contributed by atoms with Crippen LogP contribution in [0.5, 0.6) is 5.75 Å². The molecule has 172 valence electrons. The summed E-state index contributed by atoms with van der Waals surface area (Å²) in [6.07, 6.45) is 6.11. The lowest BCUT2D eigenvalue weighted by Gasteiger charge is -2.06. The molecule has 0 radical (unpaired) electrons. The fourth-order valence-corrected chi connectivity index (χ4v) is 3.45. The first-order valence-electron chi connectivity index (χ1n) is 10.6. The van der Waals surface area contributed by atoms with E-state index in [1.165, 1.54) is 10.9 Å². The van der Waals surface area contributed by atoms with Gasteiger partial charge in [0, 0.05) is 24.2 Å². The lowest BCUT2D eigenvalue weighted by atomic mass is 10.1. The van der Waals surface area contributed by atoms with Gasteiger partial charge in [-0.05, 0) is 36.4 Å². The highest BCUT2D eigenvalue weighted by atomic mass is 16.3. The van der Waals surface area contributed by atoms with Crippen molar-refractivity contribution in [3.63, 3.8) is 0 Å². The van der Waals surface area contributed by atoms with E-state index in [9.17, 15) is 14.7 Å². The first-order chi connectivity index (χ1) is 17.1. The van der Waals surface area contributed by atoms with Gasteiger partial charge in [0.1, 0.15) is 5.69 Å². The Balaban J connectivity index is 1.38. The van der Waals surface area contributed by atoms with E-state index in [2.05, 4.69) is 26.0 Å². The molecule has 10 nitrogen and oxygen atoms in total. The van der Waals surface area contributed by atoms with Crippen LogP contribution in [-0.2, 0) is 0 Å². The van der Waals surface area contributed by atoms with E-state index >= 15 is 0 Å². The minimum atomic E-state index is -0.774. The zero-order valence-electron chi connectivity index (χ0n) is 18.2. The van der Waals surface area contributed by atoms with Crippen molar-refractivity contribution in [2.24, 2.45) is 0 Å². The number of hydrazine groups is 1. The first-order valence-corrected chi connectivity index (χ1v) is 10.6. The van der Waals surface area contributed by atoms with Crippen LogP contribution < -0.4 is 10.9 Å². The van der Waals surface area contributed by atoms with E-state index in [1.807, 2.05) is 48.5 Å². The van der Waals surface area contributed by atoms with Gasteiger partial charge in [0.15, 0.2) is 11.4 Å². The number of para-hydroxylation sites is 2. The van der Waals surface area contributed by atoms with E-state index < -0.39 is 11.8 Å². The number of carbonyl (C=O) groups excluding carboxylic acids is 2. The van der Waals surface area contributed by atoms with E-state index in [-0.39, 0.29) is 17.0 Å². The molecule has 2 amide bonds. The number of nitrogens with zero attached hydrogens (tertiary/aromatic N) is 5. The van der Waals surface area contributed by atoms with Gasteiger partial charge in [-0.2, -0.15) is 10.2 Å². The zero-order valence-corrected chi connectivity index (χ0v) is 18.2. The van der Waals surface area contributed by atoms with Crippen molar-refractivity contribution in [1.29, 1.82) is 0 Å². The third kappa shape index (κ3) is 4.48. The molecule has 5 aromatic rings. The summed E-state index contributed by atoms with van der Waals surface area (Å²) >= 11 is 0. The Bertz CT molecular complexity index is 1480. The van der Waals surface area contributed by atoms with Gasteiger partial charge in [-0.1, -0.05) is 36.4 Å². The minimum Gasteiger partial charge on any atom is -0.504 e. The van der Waals surface area contributed by atoms with Gasteiger partial charge in [0.05, 0.1) is 23.1 Å². The fraction of sp³-hybridized carbons (Fsp3) is 0. The smallest absolute Gasteiger partial charge is 0.294 e. The molecule has 0 saturated carbocycles. The summed E-state index contributed by atoms with van der Waals surface area (Å²) in [4.78, 5) is 29.8. The van der Waals surface area contributed by atoms with E-state index in [0.717, 1.165) is 5.69 Å². The summed E-state index contributed by atoms with van der Waals surface area (Å²) in [5, 5.41) is 18.9. The van der Waals surface area contributed by atoms with Crippen LogP contribution in [0.4, 0.5) is 0 Å². The molecule has 3 N–H and O–H groups in total. The summed E-state index contributed by atoms with van der Waals surface area (Å²) in [6.45, 7) is 0. The van der Waals surface area contributed by atoms with Crippen LogP contribution >= 0.6 is 0 Å². The molecule has 0 aliphatic heterocycles. The molecular formula is C25H19N7O3. The number of nitrogens with one attached hydrogen (secondary N) is 2. The molecule has 2 aromatic carbocycles. The molecule has 35 heavy (non-hydrogen) atoms. The lowest BCUT2D eigenvalue weighted by Crippen LogP contribution is -2.42. The molecular weight excluding hydrogens is 446 g/mol. The Hall–Kier alpha value is -5.25. The molecule has 0 spiro atoms. The van der Waals surface area contributed by atoms with Crippen LogP contribution in [-0.4, -0.2) is 41.5 Å². The molecule has 0 fully saturated rings. The summed E-state index contributed by atoms with van der Waals surface area (Å²) in [5.41, 5.74) is 7.13. The predicted octanol–water partition coefficient (Wildman–Crippen LogP) is 2.90. The number of carbonyl (C=O) groups is 2. The van der Waals surface area contributed by atoms with E-state index in [0.29, 0.717) is 16.9 Å². The molecule has 0 unspecified atom stereocenters. The fourth-order valence-electron chi connectivity index (χ4n) is 3.45.